The van der Waals surface area contributed by atoms with Gasteiger partial charge in [0.2, 0.25) is 5.91 Å². The summed E-state index contributed by atoms with van der Waals surface area (Å²) in [5.41, 5.74) is 0. The lowest BCUT2D eigenvalue weighted by molar-refractivity contribution is -0.127. The average molecular weight is 300 g/mol. The predicted molar refractivity (Wildman–Crippen MR) is 82.0 cm³/mol. The Bertz CT molecular complexity index is 637. The third kappa shape index (κ3) is 3.10. The third-order valence-corrected chi connectivity index (χ3v) is 4.09. The molecular weight excluding hydrogens is 280 g/mol. The highest BCUT2D eigenvalue weighted by atomic mass is 16.3. The number of piperidine rings is 1. The second kappa shape index (κ2) is 6.60. The van der Waals surface area contributed by atoms with Crippen LogP contribution in [-0.2, 0) is 11.3 Å². The zero-order chi connectivity index (χ0) is 15.4. The summed E-state index contributed by atoms with van der Waals surface area (Å²) in [5, 5.41) is 8.22. The maximum Gasteiger partial charge on any atom is 0.246 e. The van der Waals surface area contributed by atoms with E-state index in [-0.39, 0.29) is 5.91 Å². The van der Waals surface area contributed by atoms with Crippen LogP contribution in [0.1, 0.15) is 37.3 Å². The van der Waals surface area contributed by atoms with Gasteiger partial charge in [-0.1, -0.05) is 0 Å². The number of amides is 1. The minimum Gasteiger partial charge on any atom is -0.465 e. The minimum atomic E-state index is 0.0341. The van der Waals surface area contributed by atoms with E-state index >= 15 is 0 Å². The summed E-state index contributed by atoms with van der Waals surface area (Å²) < 4.78 is 7.27. The summed E-state index contributed by atoms with van der Waals surface area (Å²) in [6, 6.07) is 3.63. The van der Waals surface area contributed by atoms with Crippen LogP contribution in [0.5, 0.6) is 0 Å². The number of hydrogen-bond donors (Lipinski definition) is 0. The lowest BCUT2D eigenvalue weighted by Crippen LogP contribution is -2.37. The number of rotatable bonds is 4. The number of carbonyl (C=O) groups is 1. The standard InChI is InChI=1S/C16H20N4O2/c1-2-19-12-17-18-16(19)13-7-9-20(10-8-13)15(21)6-5-14-4-3-11-22-14/h3-6,11-13H,2,7-10H2,1H3. The molecule has 3 heterocycles. The van der Waals surface area contributed by atoms with E-state index in [4.69, 9.17) is 4.42 Å². The molecule has 0 radical (unpaired) electrons. The Labute approximate surface area is 129 Å². The van der Waals surface area contributed by atoms with E-state index in [2.05, 4.69) is 21.7 Å². The monoisotopic (exact) mass is 300 g/mol. The van der Waals surface area contributed by atoms with E-state index < -0.39 is 0 Å². The Morgan fingerprint density at radius 2 is 2.27 bits per heavy atom. The van der Waals surface area contributed by atoms with Crippen molar-refractivity contribution < 1.29 is 9.21 Å². The fourth-order valence-corrected chi connectivity index (χ4v) is 2.83. The lowest BCUT2D eigenvalue weighted by atomic mass is 9.96. The van der Waals surface area contributed by atoms with Crippen LogP contribution in [0.3, 0.4) is 0 Å². The topological polar surface area (TPSA) is 64.2 Å². The predicted octanol–water partition coefficient (Wildman–Crippen LogP) is 2.31. The Balaban J connectivity index is 1.56. The van der Waals surface area contributed by atoms with E-state index in [1.54, 1.807) is 30.8 Å². The first-order valence-electron chi connectivity index (χ1n) is 7.66. The van der Waals surface area contributed by atoms with Crippen molar-refractivity contribution in [2.24, 2.45) is 0 Å². The van der Waals surface area contributed by atoms with E-state index in [0.29, 0.717) is 11.7 Å². The van der Waals surface area contributed by atoms with Gasteiger partial charge < -0.3 is 13.9 Å². The molecule has 0 aliphatic carbocycles. The molecule has 1 amide bonds. The first-order valence-corrected chi connectivity index (χ1v) is 7.66. The summed E-state index contributed by atoms with van der Waals surface area (Å²) in [6.45, 7) is 4.48. The van der Waals surface area contributed by atoms with E-state index in [0.717, 1.165) is 38.3 Å². The van der Waals surface area contributed by atoms with Crippen LogP contribution in [0.15, 0.2) is 35.2 Å². The van der Waals surface area contributed by atoms with Crippen molar-refractivity contribution in [1.82, 2.24) is 19.7 Å². The summed E-state index contributed by atoms with van der Waals surface area (Å²) in [6.07, 6.45) is 8.52. The molecule has 0 atom stereocenters. The molecule has 22 heavy (non-hydrogen) atoms. The van der Waals surface area contributed by atoms with Crippen LogP contribution in [0.2, 0.25) is 0 Å². The molecule has 1 aliphatic heterocycles. The number of aryl methyl sites for hydroxylation is 1. The van der Waals surface area contributed by atoms with Crippen molar-refractivity contribution in [3.05, 3.63) is 42.4 Å². The Morgan fingerprint density at radius 3 is 2.95 bits per heavy atom. The van der Waals surface area contributed by atoms with Crippen LogP contribution in [0.25, 0.3) is 6.08 Å². The number of nitrogens with zero attached hydrogens (tertiary/aromatic N) is 4. The second-order valence-corrected chi connectivity index (χ2v) is 5.42. The fourth-order valence-electron chi connectivity index (χ4n) is 2.83. The maximum absolute atomic E-state index is 12.2. The molecule has 6 nitrogen and oxygen atoms in total. The minimum absolute atomic E-state index is 0.0341. The van der Waals surface area contributed by atoms with Gasteiger partial charge in [0.1, 0.15) is 17.9 Å². The molecule has 0 aromatic carbocycles. The molecule has 1 saturated heterocycles. The largest absolute Gasteiger partial charge is 0.465 e. The van der Waals surface area contributed by atoms with Crippen molar-refractivity contribution in [3.8, 4) is 0 Å². The summed E-state index contributed by atoms with van der Waals surface area (Å²) in [5.74, 6) is 2.16. The second-order valence-electron chi connectivity index (χ2n) is 5.42. The van der Waals surface area contributed by atoms with Crippen molar-refractivity contribution in [2.75, 3.05) is 13.1 Å². The molecule has 3 rings (SSSR count). The number of furan rings is 1. The Morgan fingerprint density at radius 1 is 1.45 bits per heavy atom. The quantitative estimate of drug-likeness (QED) is 0.813. The Hall–Kier alpha value is -2.37. The van der Waals surface area contributed by atoms with Crippen molar-refractivity contribution in [3.63, 3.8) is 0 Å². The zero-order valence-electron chi connectivity index (χ0n) is 12.7. The molecule has 1 fully saturated rings. The number of aromatic nitrogens is 3. The van der Waals surface area contributed by atoms with Gasteiger partial charge in [0.25, 0.3) is 0 Å². The van der Waals surface area contributed by atoms with Crippen LogP contribution in [-0.4, -0.2) is 38.7 Å². The van der Waals surface area contributed by atoms with Gasteiger partial charge in [0.15, 0.2) is 0 Å². The highest BCUT2D eigenvalue weighted by molar-refractivity contribution is 5.91. The molecule has 1 aliphatic rings. The fraction of sp³-hybridized carbons (Fsp3) is 0.438. The summed E-state index contributed by atoms with van der Waals surface area (Å²) >= 11 is 0. The molecule has 0 saturated carbocycles. The number of carbonyl (C=O) groups excluding carboxylic acids is 1. The lowest BCUT2D eigenvalue weighted by Gasteiger charge is -2.30. The van der Waals surface area contributed by atoms with Crippen molar-refractivity contribution >= 4 is 12.0 Å². The number of hydrogen-bond acceptors (Lipinski definition) is 4. The highest BCUT2D eigenvalue weighted by Gasteiger charge is 2.25. The molecule has 116 valence electrons. The molecule has 6 heteroatoms. The van der Waals surface area contributed by atoms with Gasteiger partial charge in [-0.2, -0.15) is 0 Å². The average Bonchev–Trinajstić information content (AvgIpc) is 3.23. The molecule has 0 unspecified atom stereocenters. The van der Waals surface area contributed by atoms with Gasteiger partial charge in [0, 0.05) is 31.6 Å². The zero-order valence-corrected chi connectivity index (χ0v) is 12.7. The van der Waals surface area contributed by atoms with Gasteiger partial charge >= 0.3 is 0 Å². The van der Waals surface area contributed by atoms with Gasteiger partial charge in [-0.05, 0) is 38.0 Å². The normalized spacial score (nSPS) is 16.5. The molecule has 0 N–H and O–H groups in total. The summed E-state index contributed by atoms with van der Waals surface area (Å²) in [7, 11) is 0. The van der Waals surface area contributed by atoms with Crippen LogP contribution in [0.4, 0.5) is 0 Å². The smallest absolute Gasteiger partial charge is 0.246 e. The third-order valence-electron chi connectivity index (χ3n) is 4.09. The van der Waals surface area contributed by atoms with Gasteiger partial charge in [-0.3, -0.25) is 4.79 Å². The first-order chi connectivity index (χ1) is 10.8. The van der Waals surface area contributed by atoms with E-state index in [1.807, 2.05) is 11.0 Å². The highest BCUT2D eigenvalue weighted by Crippen LogP contribution is 2.26. The van der Waals surface area contributed by atoms with Crippen LogP contribution >= 0.6 is 0 Å². The molecular formula is C16H20N4O2. The maximum atomic E-state index is 12.2. The Kier molecular flexibility index (Phi) is 4.37. The van der Waals surface area contributed by atoms with E-state index in [1.165, 1.54) is 0 Å². The van der Waals surface area contributed by atoms with Crippen molar-refractivity contribution in [1.29, 1.82) is 0 Å². The summed E-state index contributed by atoms with van der Waals surface area (Å²) in [4.78, 5) is 14.1. The first kappa shape index (κ1) is 14.6. The molecule has 0 bridgehead atoms. The van der Waals surface area contributed by atoms with E-state index in [9.17, 15) is 4.79 Å². The number of likely N-dealkylation sites (tertiary alicyclic amines) is 1. The van der Waals surface area contributed by atoms with Gasteiger partial charge in [0.05, 0.1) is 6.26 Å². The van der Waals surface area contributed by atoms with Gasteiger partial charge in [-0.15, -0.1) is 10.2 Å². The van der Waals surface area contributed by atoms with Crippen molar-refractivity contribution in [2.45, 2.75) is 32.2 Å². The van der Waals surface area contributed by atoms with Gasteiger partial charge in [-0.25, -0.2) is 0 Å². The molecule has 2 aromatic heterocycles. The van der Waals surface area contributed by atoms with Crippen LogP contribution < -0.4 is 0 Å². The molecule has 2 aromatic rings. The molecule has 0 spiro atoms. The SMILES string of the molecule is CCn1cnnc1C1CCN(C(=O)C=Cc2ccco2)CC1. The van der Waals surface area contributed by atoms with Crippen LogP contribution in [0, 0.1) is 0 Å².